The number of rotatable bonds is 16. The van der Waals surface area contributed by atoms with Gasteiger partial charge in [0.1, 0.15) is 36.0 Å². The number of anilines is 2. The molecule has 29 heteroatoms. The normalized spacial score (nSPS) is 14.3. The molecule has 1 saturated heterocycles. The number of halogens is 7. The van der Waals surface area contributed by atoms with Crippen molar-refractivity contribution in [1.29, 1.82) is 0 Å². The lowest BCUT2D eigenvalue weighted by Crippen LogP contribution is -2.45. The maximum Gasteiger partial charge on any atom is 0.355 e. The molecule has 0 saturated carbocycles. The van der Waals surface area contributed by atoms with Crippen molar-refractivity contribution in [2.75, 3.05) is 55.0 Å². The second kappa shape index (κ2) is 26.9. The van der Waals surface area contributed by atoms with E-state index in [1.54, 1.807) is 38.2 Å². The number of para-hydroxylation sites is 1. The molecule has 1 fully saturated rings. The predicted molar refractivity (Wildman–Crippen MR) is 254 cm³/mol. The molecule has 1 unspecified atom stereocenters. The number of sulfonamides is 1. The zero-order chi connectivity index (χ0) is 51.9. The number of nitrogens with zero attached hydrogens (tertiary/aromatic N) is 5. The van der Waals surface area contributed by atoms with Gasteiger partial charge < -0.3 is 33.7 Å². The van der Waals surface area contributed by atoms with Crippen molar-refractivity contribution in [3.63, 3.8) is 0 Å². The van der Waals surface area contributed by atoms with E-state index in [1.807, 2.05) is 24.3 Å². The minimum absolute atomic E-state index is 0.0257. The molecule has 2 aromatic carbocycles. The van der Waals surface area contributed by atoms with Crippen molar-refractivity contribution >= 4 is 105 Å². The van der Waals surface area contributed by atoms with E-state index in [9.17, 15) is 40.9 Å². The SMILES string of the molecule is CC1(C)OC(c2ccco2)CN1C(=O)C(Cl)Cl.CCc1cccc(CC)c1N(COC)C(=O)CCl.Cc1nn(-c2cc(NS(C)(=O)=O)c(Cl)cc2Cl)c(=O)n1C(F)F.O=C(O)CNCP(=O)(O)O. The van der Waals surface area contributed by atoms with E-state index in [0.29, 0.717) is 17.0 Å². The largest absolute Gasteiger partial charge is 0.480 e. The van der Waals surface area contributed by atoms with E-state index >= 15 is 0 Å². The molecule has 4 aromatic rings. The average Bonchev–Trinajstić information content (AvgIpc) is 3.96. The number of carboxylic acid groups (broad SMARTS) is 1. The molecule has 0 bridgehead atoms. The molecule has 1 atom stereocenters. The second-order valence-corrected chi connectivity index (χ2v) is 20.1. The maximum atomic E-state index is 12.8. The van der Waals surface area contributed by atoms with Gasteiger partial charge in [-0.15, -0.1) is 16.7 Å². The second-order valence-electron chi connectivity index (χ2n) is 14.5. The number of hydrogen-bond donors (Lipinski definition) is 5. The number of aromatic nitrogens is 3. The summed E-state index contributed by atoms with van der Waals surface area (Å²) in [5, 5.41) is 13.7. The number of furan rings is 1. The van der Waals surface area contributed by atoms with Crippen LogP contribution in [0.25, 0.3) is 5.69 Å². The fourth-order valence-corrected chi connectivity index (χ4v) is 8.02. The Balaban J connectivity index is 0.000000322. The number of nitrogens with one attached hydrogen (secondary N) is 2. The van der Waals surface area contributed by atoms with Crippen LogP contribution in [-0.2, 0) is 51.3 Å². The van der Waals surface area contributed by atoms with Crippen LogP contribution in [0, 0.1) is 6.92 Å². The Morgan fingerprint density at radius 2 is 1.68 bits per heavy atom. The molecule has 3 heterocycles. The van der Waals surface area contributed by atoms with Gasteiger partial charge in [-0.05, 0) is 69.0 Å². The lowest BCUT2D eigenvalue weighted by Gasteiger charge is -2.29. The summed E-state index contributed by atoms with van der Waals surface area (Å²) in [5.74, 6) is -1.21. The molecular formula is C39H51Cl5F2N7O13PS. The minimum atomic E-state index is -4.10. The zero-order valence-electron chi connectivity index (χ0n) is 37.5. The number of amides is 2. The first-order valence-corrected chi connectivity index (χ1v) is 25.6. The van der Waals surface area contributed by atoms with Gasteiger partial charge >= 0.3 is 25.8 Å². The van der Waals surface area contributed by atoms with Crippen LogP contribution in [0.1, 0.15) is 63.1 Å². The van der Waals surface area contributed by atoms with Crippen LogP contribution in [0.2, 0.25) is 10.0 Å². The molecule has 5 rings (SSSR count). The smallest absolute Gasteiger partial charge is 0.355 e. The number of aryl methyl sites for hydroxylation is 3. The van der Waals surface area contributed by atoms with E-state index in [-0.39, 0.29) is 62.3 Å². The van der Waals surface area contributed by atoms with Gasteiger partial charge in [-0.1, -0.05) is 78.5 Å². The third-order valence-corrected chi connectivity index (χ3v) is 11.4. The quantitative estimate of drug-likeness (QED) is 0.0433. The molecule has 0 spiro atoms. The number of carboxylic acids is 1. The van der Waals surface area contributed by atoms with Crippen molar-refractivity contribution in [2.24, 2.45) is 0 Å². The number of benzene rings is 2. The molecular weight excluding hydrogens is 1050 g/mol. The van der Waals surface area contributed by atoms with Gasteiger partial charge in [0.05, 0.1) is 59.0 Å². The van der Waals surface area contributed by atoms with Crippen LogP contribution in [-0.4, -0.2) is 116 Å². The van der Waals surface area contributed by atoms with E-state index in [4.69, 9.17) is 86.8 Å². The summed E-state index contributed by atoms with van der Waals surface area (Å²) in [6, 6.07) is 12.0. The molecule has 1 aliphatic rings. The highest BCUT2D eigenvalue weighted by Gasteiger charge is 2.45. The summed E-state index contributed by atoms with van der Waals surface area (Å²) in [7, 11) is -6.17. The first kappa shape index (κ1) is 60.3. The Morgan fingerprint density at radius 3 is 2.12 bits per heavy atom. The van der Waals surface area contributed by atoms with E-state index in [0.717, 1.165) is 42.0 Å². The summed E-state index contributed by atoms with van der Waals surface area (Å²) < 4.78 is 77.5. The summed E-state index contributed by atoms with van der Waals surface area (Å²) in [4.78, 5) is 64.0. The number of alkyl halides is 5. The molecule has 380 valence electrons. The Kier molecular flexibility index (Phi) is 23.9. The molecule has 0 aliphatic carbocycles. The van der Waals surface area contributed by atoms with Gasteiger partial charge in [0.25, 0.3) is 5.91 Å². The standard InChI is InChI=1S/C14H20ClNO2.C11H10Cl2F2N4O3S.C11H13Cl2NO3.C3H8NO5P/c1-4-11-7-6-8-12(5-2)14(11)16(10-18-3)13(17)9-15;1-5-16-19(11(20)18(5)10(14)15)9-4-8(17-23(2,21)22)6(12)3-7(9)13;1-11(2)14(10(15)9(12)13)6-8(17-11)7-4-3-5-16-7;5-3(6)1-4-2-10(7,8)9/h6-8H,4-5,9-10H2,1-3H3;3-4,10,17H,1-2H3;3-5,8-9H,6H2,1-2H3;4H,1-2H2,(H,5,6)(H2,7,8,9). The van der Waals surface area contributed by atoms with E-state index in [1.165, 1.54) is 17.9 Å². The van der Waals surface area contributed by atoms with Crippen molar-refractivity contribution in [3.8, 4) is 5.69 Å². The molecule has 20 nitrogen and oxygen atoms in total. The lowest BCUT2D eigenvalue weighted by atomic mass is 10.0. The van der Waals surface area contributed by atoms with Crippen LogP contribution in [0.4, 0.5) is 20.2 Å². The summed E-state index contributed by atoms with van der Waals surface area (Å²) >= 11 is 28.7. The van der Waals surface area contributed by atoms with Crippen LogP contribution >= 0.6 is 65.6 Å². The van der Waals surface area contributed by atoms with Crippen LogP contribution in [0.3, 0.4) is 0 Å². The monoisotopic (exact) mass is 1100 g/mol. The Hall–Kier alpha value is -3.84. The molecule has 2 aromatic heterocycles. The Bertz CT molecular complexity index is 2530. The van der Waals surface area contributed by atoms with E-state index < -0.39 is 59.2 Å². The van der Waals surface area contributed by atoms with Crippen LogP contribution in [0.15, 0.2) is 57.9 Å². The Morgan fingerprint density at radius 1 is 1.07 bits per heavy atom. The molecule has 0 radical (unpaired) electrons. The number of carbonyl (C=O) groups excluding carboxylic acids is 2. The van der Waals surface area contributed by atoms with E-state index in [2.05, 4.69) is 29.0 Å². The van der Waals surface area contributed by atoms with Crippen molar-refractivity contribution in [3.05, 3.63) is 92.0 Å². The molecule has 1 aliphatic heterocycles. The van der Waals surface area contributed by atoms with Crippen LogP contribution < -0.4 is 20.6 Å². The highest BCUT2D eigenvalue weighted by atomic mass is 35.5. The van der Waals surface area contributed by atoms with Gasteiger partial charge in [0, 0.05) is 7.11 Å². The third kappa shape index (κ3) is 18.2. The summed E-state index contributed by atoms with van der Waals surface area (Å²) in [5.41, 5.74) is 1.23. The fraction of sp³-hybridized carbons (Fsp3) is 0.462. The van der Waals surface area contributed by atoms with Gasteiger partial charge in [0.15, 0.2) is 4.84 Å². The van der Waals surface area contributed by atoms with Crippen molar-refractivity contribution in [1.82, 2.24) is 24.6 Å². The lowest BCUT2D eigenvalue weighted by molar-refractivity contribution is -0.144. The first-order valence-electron chi connectivity index (χ1n) is 19.7. The molecule has 2 amide bonds. The first-order chi connectivity index (χ1) is 31.5. The maximum absolute atomic E-state index is 12.8. The van der Waals surface area contributed by atoms with Gasteiger partial charge in [-0.2, -0.15) is 13.5 Å². The molecule has 68 heavy (non-hydrogen) atoms. The zero-order valence-corrected chi connectivity index (χ0v) is 43.0. The van der Waals surface area contributed by atoms with Gasteiger partial charge in [-0.3, -0.25) is 33.9 Å². The molecule has 5 N–H and O–H groups in total. The number of ether oxygens (including phenoxy) is 2. The Labute approximate surface area is 415 Å². The van der Waals surface area contributed by atoms with Gasteiger partial charge in [0.2, 0.25) is 15.9 Å². The number of methoxy groups -OCH3 is 1. The summed E-state index contributed by atoms with van der Waals surface area (Å²) in [6.07, 6.45) is 3.34. The minimum Gasteiger partial charge on any atom is -0.480 e. The van der Waals surface area contributed by atoms with Gasteiger partial charge in [-0.25, -0.2) is 17.8 Å². The average molecular weight is 1100 g/mol. The number of hydrogen-bond acceptors (Lipinski definition) is 12. The number of aliphatic carboxylic acids is 1. The topological polar surface area (TPSA) is 265 Å². The highest BCUT2D eigenvalue weighted by Crippen LogP contribution is 2.37. The predicted octanol–water partition coefficient (Wildman–Crippen LogP) is 6.92. The fourth-order valence-electron chi connectivity index (χ4n) is 6.10. The van der Waals surface area contributed by atoms with Crippen LogP contribution in [0.5, 0.6) is 0 Å². The highest BCUT2D eigenvalue weighted by molar-refractivity contribution is 7.92. The number of carbonyl (C=O) groups is 3. The third-order valence-electron chi connectivity index (χ3n) is 8.98. The van der Waals surface area contributed by atoms with Crippen molar-refractivity contribution in [2.45, 2.75) is 70.7 Å². The summed E-state index contributed by atoms with van der Waals surface area (Å²) in [6.45, 7) is 6.08. The van der Waals surface area contributed by atoms with Crippen molar-refractivity contribution < 1.29 is 64.9 Å².